The molecule has 0 unspecified atom stereocenters. The summed E-state index contributed by atoms with van der Waals surface area (Å²) in [7, 11) is 1.40. The third-order valence-electron chi connectivity index (χ3n) is 7.09. The molecule has 7 heteroatoms. The number of hydrogen-bond acceptors (Lipinski definition) is 5. The largest absolute Gasteiger partial charge is 0.494 e. The highest BCUT2D eigenvalue weighted by Gasteiger charge is 2.21. The molecule has 0 N–H and O–H groups in total. The Bertz CT molecular complexity index is 1860. The number of carbonyl (C=O) groups is 1. The van der Waals surface area contributed by atoms with Crippen LogP contribution in [0.1, 0.15) is 36.0 Å². The van der Waals surface area contributed by atoms with Gasteiger partial charge >= 0.3 is 0 Å². The van der Waals surface area contributed by atoms with Gasteiger partial charge in [0.05, 0.1) is 29.2 Å². The molecule has 1 aromatic heterocycles. The molecule has 1 saturated carbocycles. The lowest BCUT2D eigenvalue weighted by Gasteiger charge is -2.17. The molecule has 1 heterocycles. The number of benzene rings is 4. The lowest BCUT2D eigenvalue weighted by Crippen LogP contribution is -2.12. The SMILES string of the molecule is COc1cc(/C=C2\CCC/C(=C\c3ccc(F)c(OCc4ccc5nc6ccccc6nc5c4)c3)C2=O)ccc1F. The Morgan fingerprint density at radius 2 is 1.32 bits per heavy atom. The van der Waals surface area contributed by atoms with E-state index in [0.717, 1.165) is 34.1 Å². The summed E-state index contributed by atoms with van der Waals surface area (Å²) in [5, 5.41) is 0. The van der Waals surface area contributed by atoms with Crippen LogP contribution in [0.4, 0.5) is 8.78 Å². The molecular weight excluding hydrogens is 522 g/mol. The number of fused-ring (bicyclic) bond motifs is 2. The Morgan fingerprint density at radius 1 is 0.732 bits per heavy atom. The second-order valence-corrected chi connectivity index (χ2v) is 9.93. The zero-order valence-corrected chi connectivity index (χ0v) is 22.4. The Balaban J connectivity index is 1.20. The van der Waals surface area contributed by atoms with Crippen molar-refractivity contribution in [2.45, 2.75) is 25.9 Å². The quantitative estimate of drug-likeness (QED) is 0.160. The number of allylic oxidation sites excluding steroid dienone is 2. The van der Waals surface area contributed by atoms with Crippen LogP contribution in [-0.4, -0.2) is 22.9 Å². The molecular formula is C34H26F2N2O3. The molecule has 6 rings (SSSR count). The van der Waals surface area contributed by atoms with Crippen LogP contribution in [0.25, 0.3) is 34.2 Å². The van der Waals surface area contributed by atoms with Crippen LogP contribution in [0, 0.1) is 11.6 Å². The normalized spacial score (nSPS) is 15.6. The van der Waals surface area contributed by atoms with Crippen molar-refractivity contribution in [2.24, 2.45) is 0 Å². The van der Waals surface area contributed by atoms with Crippen LogP contribution in [0.15, 0.2) is 90.0 Å². The number of nitrogens with zero attached hydrogens (tertiary/aromatic N) is 2. The van der Waals surface area contributed by atoms with Gasteiger partial charge in [0, 0.05) is 11.1 Å². The van der Waals surface area contributed by atoms with E-state index >= 15 is 0 Å². The fourth-order valence-corrected chi connectivity index (χ4v) is 4.98. The number of Topliss-reactive ketones (excluding diaryl/α,β-unsaturated/α-hetero) is 1. The van der Waals surface area contributed by atoms with Crippen molar-refractivity contribution in [3.05, 3.63) is 118 Å². The van der Waals surface area contributed by atoms with Crippen LogP contribution >= 0.6 is 0 Å². The van der Waals surface area contributed by atoms with E-state index in [9.17, 15) is 13.6 Å². The Morgan fingerprint density at radius 3 is 1.98 bits per heavy atom. The van der Waals surface area contributed by atoms with Crippen LogP contribution in [-0.2, 0) is 11.4 Å². The number of aromatic nitrogens is 2. The van der Waals surface area contributed by atoms with Crippen LogP contribution < -0.4 is 9.47 Å². The van der Waals surface area contributed by atoms with E-state index in [1.165, 1.54) is 19.2 Å². The van der Waals surface area contributed by atoms with Crippen molar-refractivity contribution in [3.63, 3.8) is 0 Å². The van der Waals surface area contributed by atoms with Crippen molar-refractivity contribution in [1.82, 2.24) is 9.97 Å². The van der Waals surface area contributed by atoms with Gasteiger partial charge in [-0.05, 0) is 96.6 Å². The van der Waals surface area contributed by atoms with E-state index in [2.05, 4.69) is 9.97 Å². The van der Waals surface area contributed by atoms with Gasteiger partial charge in [-0.15, -0.1) is 0 Å². The molecule has 204 valence electrons. The summed E-state index contributed by atoms with van der Waals surface area (Å²) in [5.41, 5.74) is 6.61. The summed E-state index contributed by atoms with van der Waals surface area (Å²) in [6.45, 7) is 0.147. The second kappa shape index (κ2) is 11.3. The van der Waals surface area contributed by atoms with Crippen molar-refractivity contribution in [3.8, 4) is 11.5 Å². The molecule has 1 aliphatic carbocycles. The highest BCUT2D eigenvalue weighted by atomic mass is 19.1. The average Bonchev–Trinajstić information content (AvgIpc) is 2.99. The van der Waals surface area contributed by atoms with Gasteiger partial charge in [0.25, 0.3) is 0 Å². The maximum absolute atomic E-state index is 14.7. The Kier molecular flexibility index (Phi) is 7.25. The van der Waals surface area contributed by atoms with Gasteiger partial charge in [-0.2, -0.15) is 0 Å². The highest BCUT2D eigenvalue weighted by Crippen LogP contribution is 2.30. The number of rotatable bonds is 6. The molecule has 0 saturated heterocycles. The monoisotopic (exact) mass is 548 g/mol. The third kappa shape index (κ3) is 5.70. The fourth-order valence-electron chi connectivity index (χ4n) is 4.98. The zero-order chi connectivity index (χ0) is 28.3. The third-order valence-corrected chi connectivity index (χ3v) is 7.09. The predicted molar refractivity (Wildman–Crippen MR) is 156 cm³/mol. The van der Waals surface area contributed by atoms with E-state index in [0.29, 0.717) is 35.1 Å². The molecule has 1 aliphatic rings. The molecule has 5 nitrogen and oxygen atoms in total. The first-order chi connectivity index (χ1) is 20.0. The lowest BCUT2D eigenvalue weighted by molar-refractivity contribution is -0.112. The summed E-state index contributed by atoms with van der Waals surface area (Å²) in [4.78, 5) is 22.6. The molecule has 0 aliphatic heterocycles. The molecule has 41 heavy (non-hydrogen) atoms. The van der Waals surface area contributed by atoms with Crippen molar-refractivity contribution >= 4 is 40.0 Å². The first kappa shape index (κ1) is 26.3. The van der Waals surface area contributed by atoms with Crippen LogP contribution in [0.3, 0.4) is 0 Å². The molecule has 1 fully saturated rings. The number of carbonyl (C=O) groups excluding carboxylic acids is 1. The minimum Gasteiger partial charge on any atom is -0.494 e. The molecule has 5 aromatic rings. The average molecular weight is 549 g/mol. The van der Waals surface area contributed by atoms with Gasteiger partial charge < -0.3 is 9.47 Å². The van der Waals surface area contributed by atoms with E-state index < -0.39 is 11.6 Å². The molecule has 0 amide bonds. The number of para-hydroxylation sites is 2. The smallest absolute Gasteiger partial charge is 0.185 e. The van der Waals surface area contributed by atoms with E-state index in [-0.39, 0.29) is 23.9 Å². The highest BCUT2D eigenvalue weighted by molar-refractivity contribution is 6.14. The van der Waals surface area contributed by atoms with Gasteiger partial charge in [-0.3, -0.25) is 4.79 Å². The Hall–Kier alpha value is -4.91. The second-order valence-electron chi connectivity index (χ2n) is 9.93. The molecule has 0 atom stereocenters. The topological polar surface area (TPSA) is 61.3 Å². The molecule has 4 aromatic carbocycles. The maximum atomic E-state index is 14.7. The summed E-state index contributed by atoms with van der Waals surface area (Å²) in [6.07, 6.45) is 5.59. The zero-order valence-electron chi connectivity index (χ0n) is 22.4. The minimum atomic E-state index is -0.487. The van der Waals surface area contributed by atoms with Crippen molar-refractivity contribution in [1.29, 1.82) is 0 Å². The van der Waals surface area contributed by atoms with Gasteiger partial charge in [0.1, 0.15) is 6.61 Å². The number of methoxy groups -OCH3 is 1. The van der Waals surface area contributed by atoms with Crippen molar-refractivity contribution < 1.29 is 23.0 Å². The van der Waals surface area contributed by atoms with Gasteiger partial charge in [-0.25, -0.2) is 18.7 Å². The molecule has 0 radical (unpaired) electrons. The fraction of sp³-hybridized carbons (Fsp3) is 0.147. The van der Waals surface area contributed by atoms with E-state index in [1.54, 1.807) is 36.4 Å². The first-order valence-corrected chi connectivity index (χ1v) is 13.3. The van der Waals surface area contributed by atoms with Crippen LogP contribution in [0.2, 0.25) is 0 Å². The molecule has 0 spiro atoms. The summed E-state index contributed by atoms with van der Waals surface area (Å²) < 4.78 is 39.4. The number of ketones is 1. The van der Waals surface area contributed by atoms with Crippen LogP contribution in [0.5, 0.6) is 11.5 Å². The summed E-state index contributed by atoms with van der Waals surface area (Å²) >= 11 is 0. The minimum absolute atomic E-state index is 0.0730. The summed E-state index contributed by atoms with van der Waals surface area (Å²) in [6, 6.07) is 22.4. The van der Waals surface area contributed by atoms with Gasteiger partial charge in [0.15, 0.2) is 28.9 Å². The van der Waals surface area contributed by atoms with E-state index in [1.807, 2.05) is 42.5 Å². The number of halogens is 2. The Labute approximate surface area is 235 Å². The van der Waals surface area contributed by atoms with Crippen molar-refractivity contribution in [2.75, 3.05) is 7.11 Å². The number of hydrogen-bond donors (Lipinski definition) is 0. The summed E-state index contributed by atoms with van der Waals surface area (Å²) in [5.74, 6) is -0.790. The van der Waals surface area contributed by atoms with Gasteiger partial charge in [-0.1, -0.05) is 30.3 Å². The molecule has 0 bridgehead atoms. The standard InChI is InChI=1S/C34H26F2N2O3/c1-40-32-18-21(9-12-26(32)35)15-24-5-4-6-25(34(24)39)16-22-10-13-27(36)33(19-22)41-20-23-11-14-30-31(17-23)38-29-8-3-2-7-28(29)37-30/h2-3,7-19H,4-6,20H2,1H3/b24-15+,25-16+. The lowest BCUT2D eigenvalue weighted by atomic mass is 9.87. The number of ether oxygens (including phenoxy) is 2. The van der Waals surface area contributed by atoms with Gasteiger partial charge in [0.2, 0.25) is 0 Å². The maximum Gasteiger partial charge on any atom is 0.185 e. The predicted octanol–water partition coefficient (Wildman–Crippen LogP) is 7.87. The first-order valence-electron chi connectivity index (χ1n) is 13.3. The van der Waals surface area contributed by atoms with E-state index in [4.69, 9.17) is 9.47 Å².